The molecule has 2 rings (SSSR count). The minimum atomic E-state index is 0.375. The van der Waals surface area contributed by atoms with Crippen molar-refractivity contribution in [1.82, 2.24) is 10.2 Å². The molecule has 2 heterocycles. The summed E-state index contributed by atoms with van der Waals surface area (Å²) in [5.41, 5.74) is 0. The molecule has 2 aliphatic rings. The summed E-state index contributed by atoms with van der Waals surface area (Å²) in [6.45, 7) is 6.41. The van der Waals surface area contributed by atoms with E-state index in [1.54, 1.807) is 0 Å². The number of rotatable bonds is 3. The summed E-state index contributed by atoms with van der Waals surface area (Å²) in [7, 11) is 0. The molecule has 1 radical (unpaired) electrons. The fourth-order valence-electron chi connectivity index (χ4n) is 3.46. The molecule has 0 aromatic heterocycles. The summed E-state index contributed by atoms with van der Waals surface area (Å²) in [6.07, 6.45) is 7.88. The molecule has 0 bridgehead atoms. The first-order valence-corrected chi connectivity index (χ1v) is 7.63. The first kappa shape index (κ1) is 13.9. The van der Waals surface area contributed by atoms with Crippen molar-refractivity contribution in [3.8, 4) is 0 Å². The van der Waals surface area contributed by atoms with Gasteiger partial charge in [-0.2, -0.15) is 0 Å². The smallest absolute Gasteiger partial charge is 0.223 e. The van der Waals surface area contributed by atoms with Crippen LogP contribution in [0.3, 0.4) is 0 Å². The predicted molar refractivity (Wildman–Crippen MR) is 73.4 cm³/mol. The van der Waals surface area contributed by atoms with E-state index in [1.807, 2.05) is 0 Å². The fourth-order valence-corrected chi connectivity index (χ4v) is 3.46. The molecule has 3 heteroatoms. The topological polar surface area (TPSA) is 34.4 Å². The van der Waals surface area contributed by atoms with Gasteiger partial charge in [-0.3, -0.25) is 4.79 Å². The lowest BCUT2D eigenvalue weighted by molar-refractivity contribution is -0.137. The highest BCUT2D eigenvalue weighted by Crippen LogP contribution is 2.25. The highest BCUT2D eigenvalue weighted by molar-refractivity contribution is 5.77. The molecule has 18 heavy (non-hydrogen) atoms. The summed E-state index contributed by atoms with van der Waals surface area (Å²) in [6, 6.07) is 0.884. The van der Waals surface area contributed by atoms with E-state index in [1.165, 1.54) is 32.1 Å². The number of amides is 1. The van der Waals surface area contributed by atoms with E-state index >= 15 is 0 Å². The molecule has 0 aliphatic carbocycles. The van der Waals surface area contributed by atoms with Gasteiger partial charge in [0.05, 0.1) is 0 Å². The minimum absolute atomic E-state index is 0.375. The number of carbonyl (C=O) groups is 1. The summed E-state index contributed by atoms with van der Waals surface area (Å²) in [5, 5.41) is 4.45. The third kappa shape index (κ3) is 3.47. The average molecular weight is 251 g/mol. The molecule has 2 aliphatic heterocycles. The maximum atomic E-state index is 12.4. The molecule has 0 spiro atoms. The van der Waals surface area contributed by atoms with Gasteiger partial charge in [0, 0.05) is 31.6 Å². The van der Waals surface area contributed by atoms with Gasteiger partial charge in [0.1, 0.15) is 0 Å². The van der Waals surface area contributed by atoms with Crippen molar-refractivity contribution in [3.63, 3.8) is 0 Å². The predicted octanol–water partition coefficient (Wildman–Crippen LogP) is 2.57. The van der Waals surface area contributed by atoms with Crippen LogP contribution in [0, 0.1) is 5.92 Å². The van der Waals surface area contributed by atoms with Crippen molar-refractivity contribution >= 4 is 5.91 Å². The molecule has 1 amide bonds. The Bertz CT molecular complexity index is 264. The molecule has 0 aromatic rings. The average Bonchev–Trinajstić information content (AvgIpc) is 2.37. The second-order valence-electron chi connectivity index (χ2n) is 6.11. The van der Waals surface area contributed by atoms with Gasteiger partial charge in [0.2, 0.25) is 5.91 Å². The SMILES string of the molecule is CC1CCCC(C)N1C(=O)CCC1CCC[N]C1. The Morgan fingerprint density at radius 2 is 1.89 bits per heavy atom. The van der Waals surface area contributed by atoms with Gasteiger partial charge in [-0.1, -0.05) is 0 Å². The Kier molecular flexibility index (Phi) is 5.04. The van der Waals surface area contributed by atoms with Crippen molar-refractivity contribution in [2.75, 3.05) is 13.1 Å². The van der Waals surface area contributed by atoms with Gasteiger partial charge in [0.25, 0.3) is 0 Å². The first-order chi connectivity index (χ1) is 8.68. The van der Waals surface area contributed by atoms with Crippen LogP contribution in [-0.2, 0) is 4.79 Å². The molecular weight excluding hydrogens is 224 g/mol. The lowest BCUT2D eigenvalue weighted by Gasteiger charge is -2.39. The lowest BCUT2D eigenvalue weighted by Crippen LogP contribution is -2.47. The number of hydrogen-bond acceptors (Lipinski definition) is 1. The Hall–Kier alpha value is -0.570. The Morgan fingerprint density at radius 1 is 1.17 bits per heavy atom. The van der Waals surface area contributed by atoms with Crippen LogP contribution in [0.4, 0.5) is 0 Å². The summed E-state index contributed by atoms with van der Waals surface area (Å²) in [5.74, 6) is 1.04. The van der Waals surface area contributed by atoms with Crippen LogP contribution < -0.4 is 5.32 Å². The monoisotopic (exact) mass is 251 g/mol. The maximum absolute atomic E-state index is 12.4. The van der Waals surface area contributed by atoms with E-state index in [9.17, 15) is 4.79 Å². The largest absolute Gasteiger partial charge is 0.337 e. The number of likely N-dealkylation sites (tertiary alicyclic amines) is 1. The van der Waals surface area contributed by atoms with Gasteiger partial charge in [-0.05, 0) is 58.3 Å². The first-order valence-electron chi connectivity index (χ1n) is 7.63. The van der Waals surface area contributed by atoms with E-state index in [2.05, 4.69) is 24.1 Å². The van der Waals surface area contributed by atoms with Gasteiger partial charge < -0.3 is 4.90 Å². The van der Waals surface area contributed by atoms with Gasteiger partial charge in [-0.25, -0.2) is 5.32 Å². The third-order valence-electron chi connectivity index (χ3n) is 4.56. The Morgan fingerprint density at radius 3 is 2.50 bits per heavy atom. The zero-order chi connectivity index (χ0) is 13.0. The zero-order valence-corrected chi connectivity index (χ0v) is 11.9. The molecule has 0 N–H and O–H groups in total. The van der Waals surface area contributed by atoms with Crippen LogP contribution in [-0.4, -0.2) is 36.0 Å². The molecule has 3 nitrogen and oxygen atoms in total. The van der Waals surface area contributed by atoms with Crippen LogP contribution in [0.1, 0.15) is 58.8 Å². The van der Waals surface area contributed by atoms with E-state index in [4.69, 9.17) is 0 Å². The lowest BCUT2D eigenvalue weighted by atomic mass is 9.93. The molecular formula is C15H27N2O. The van der Waals surface area contributed by atoms with Crippen molar-refractivity contribution in [3.05, 3.63) is 0 Å². The van der Waals surface area contributed by atoms with Gasteiger partial charge >= 0.3 is 0 Å². The molecule has 2 fully saturated rings. The summed E-state index contributed by atoms with van der Waals surface area (Å²) >= 11 is 0. The van der Waals surface area contributed by atoms with Gasteiger partial charge in [-0.15, -0.1) is 0 Å². The molecule has 3 atom stereocenters. The molecule has 103 valence electrons. The third-order valence-corrected chi connectivity index (χ3v) is 4.56. The highest BCUT2D eigenvalue weighted by Gasteiger charge is 2.29. The Balaban J connectivity index is 1.79. The normalized spacial score (nSPS) is 33.4. The summed E-state index contributed by atoms with van der Waals surface area (Å²) < 4.78 is 0. The minimum Gasteiger partial charge on any atom is -0.337 e. The maximum Gasteiger partial charge on any atom is 0.223 e. The molecule has 2 saturated heterocycles. The summed E-state index contributed by atoms with van der Waals surface area (Å²) in [4.78, 5) is 14.5. The van der Waals surface area contributed by atoms with Crippen LogP contribution in [0.15, 0.2) is 0 Å². The molecule has 0 aromatic carbocycles. The van der Waals surface area contributed by atoms with Gasteiger partial charge in [0.15, 0.2) is 0 Å². The number of piperidine rings is 2. The Labute approximate surface area is 111 Å². The van der Waals surface area contributed by atoms with E-state index in [0.29, 0.717) is 23.9 Å². The second kappa shape index (κ2) is 6.55. The van der Waals surface area contributed by atoms with Crippen LogP contribution in [0.25, 0.3) is 0 Å². The van der Waals surface area contributed by atoms with Crippen LogP contribution in [0.2, 0.25) is 0 Å². The molecule has 3 unspecified atom stereocenters. The van der Waals surface area contributed by atoms with E-state index < -0.39 is 0 Å². The highest BCUT2D eigenvalue weighted by atomic mass is 16.2. The fraction of sp³-hybridized carbons (Fsp3) is 0.933. The van der Waals surface area contributed by atoms with Crippen LogP contribution >= 0.6 is 0 Å². The van der Waals surface area contributed by atoms with E-state index in [-0.39, 0.29) is 0 Å². The molecule has 0 saturated carbocycles. The quantitative estimate of drug-likeness (QED) is 0.759. The van der Waals surface area contributed by atoms with E-state index in [0.717, 1.165) is 25.9 Å². The number of carbonyl (C=O) groups excluding carboxylic acids is 1. The standard InChI is InChI=1S/C15H27N2O/c1-12-5-3-6-13(2)17(12)15(18)9-8-14-7-4-10-16-11-14/h12-14H,3-11H2,1-2H3. The van der Waals surface area contributed by atoms with Crippen molar-refractivity contribution in [2.45, 2.75) is 70.9 Å². The second-order valence-corrected chi connectivity index (χ2v) is 6.11. The van der Waals surface area contributed by atoms with Crippen molar-refractivity contribution in [2.24, 2.45) is 5.92 Å². The number of hydrogen-bond donors (Lipinski definition) is 0. The van der Waals surface area contributed by atoms with Crippen LogP contribution in [0.5, 0.6) is 0 Å². The van der Waals surface area contributed by atoms with Crippen molar-refractivity contribution in [1.29, 1.82) is 0 Å². The zero-order valence-electron chi connectivity index (χ0n) is 11.9. The number of nitrogens with zero attached hydrogens (tertiary/aromatic N) is 2. The van der Waals surface area contributed by atoms with Crippen molar-refractivity contribution < 1.29 is 4.79 Å².